The zero-order chi connectivity index (χ0) is 9.84. The van der Waals surface area contributed by atoms with Crippen molar-refractivity contribution >= 4 is 17.0 Å². The average Bonchev–Trinajstić information content (AvgIpc) is 2.52. The summed E-state index contributed by atoms with van der Waals surface area (Å²) in [5.74, 6) is -0.659. The number of esters is 1. The monoisotopic (exact) mass is 204 g/mol. The number of aromatic nitrogens is 2. The largest absolute Gasteiger partial charge is 0.462 e. The molecule has 1 aromatic heterocycles. The number of rotatable bonds is 3. The minimum absolute atomic E-state index is 0.0114. The third-order valence-electron chi connectivity index (χ3n) is 1.27. The number of carbonyl (C=O) groups is 1. The lowest BCUT2D eigenvalue weighted by Gasteiger charge is -1.98. The Labute approximate surface area is 76.6 Å². The van der Waals surface area contributed by atoms with Crippen molar-refractivity contribution in [2.75, 3.05) is 6.61 Å². The van der Waals surface area contributed by atoms with Gasteiger partial charge in [0.25, 0.3) is 0 Å². The Hall–Kier alpha value is -1.21. The lowest BCUT2D eigenvalue weighted by molar-refractivity contribution is 0.0522. The van der Waals surface area contributed by atoms with Gasteiger partial charge in [0.15, 0.2) is 5.03 Å². The minimum Gasteiger partial charge on any atom is -0.462 e. The SMILES string of the molecule is CCOC(=O)c1cn[nH]c1S(=O)O. The van der Waals surface area contributed by atoms with Crippen molar-refractivity contribution in [3.05, 3.63) is 11.8 Å². The van der Waals surface area contributed by atoms with Gasteiger partial charge in [-0.2, -0.15) is 5.10 Å². The van der Waals surface area contributed by atoms with Crippen LogP contribution in [0, 0.1) is 0 Å². The van der Waals surface area contributed by atoms with Crippen LogP contribution in [0.25, 0.3) is 0 Å². The van der Waals surface area contributed by atoms with Gasteiger partial charge in [-0.1, -0.05) is 0 Å². The van der Waals surface area contributed by atoms with Gasteiger partial charge >= 0.3 is 5.97 Å². The predicted octanol–water partition coefficient (Wildman–Crippen LogP) is 0.167. The number of aromatic amines is 1. The molecule has 1 rings (SSSR count). The normalized spacial score (nSPS) is 12.5. The van der Waals surface area contributed by atoms with Crippen molar-refractivity contribution in [2.24, 2.45) is 0 Å². The first-order valence-electron chi connectivity index (χ1n) is 3.48. The fourth-order valence-electron chi connectivity index (χ4n) is 0.762. The smallest absolute Gasteiger partial charge is 0.342 e. The first kappa shape index (κ1) is 9.87. The number of hydrogen-bond acceptors (Lipinski definition) is 4. The van der Waals surface area contributed by atoms with E-state index in [0.29, 0.717) is 0 Å². The molecule has 0 radical (unpaired) electrons. The number of nitrogens with one attached hydrogen (secondary N) is 1. The van der Waals surface area contributed by atoms with Crippen LogP contribution in [0.1, 0.15) is 17.3 Å². The maximum absolute atomic E-state index is 11.1. The molecule has 0 amide bonds. The Morgan fingerprint density at radius 3 is 3.08 bits per heavy atom. The summed E-state index contributed by atoms with van der Waals surface area (Å²) in [6, 6.07) is 0. The van der Waals surface area contributed by atoms with Crippen LogP contribution >= 0.6 is 0 Å². The molecule has 0 saturated heterocycles. The van der Waals surface area contributed by atoms with Crippen LogP contribution in [0.4, 0.5) is 0 Å². The summed E-state index contributed by atoms with van der Waals surface area (Å²) in [5.41, 5.74) is -0.0114. The van der Waals surface area contributed by atoms with Crippen LogP contribution in [-0.4, -0.2) is 31.5 Å². The number of ether oxygens (including phenoxy) is 1. The van der Waals surface area contributed by atoms with E-state index in [1.165, 1.54) is 0 Å². The predicted molar refractivity (Wildman–Crippen MR) is 43.6 cm³/mol. The van der Waals surface area contributed by atoms with Crippen LogP contribution in [0.3, 0.4) is 0 Å². The summed E-state index contributed by atoms with van der Waals surface area (Å²) in [6.45, 7) is 1.86. The molecule has 2 N–H and O–H groups in total. The molecule has 0 aliphatic rings. The van der Waals surface area contributed by atoms with E-state index in [1.807, 2.05) is 0 Å². The molecule has 13 heavy (non-hydrogen) atoms. The van der Waals surface area contributed by atoms with Crippen molar-refractivity contribution in [2.45, 2.75) is 11.9 Å². The van der Waals surface area contributed by atoms with Crippen LogP contribution < -0.4 is 0 Å². The minimum atomic E-state index is -2.25. The van der Waals surface area contributed by atoms with Crippen molar-refractivity contribution in [1.82, 2.24) is 10.2 Å². The van der Waals surface area contributed by atoms with Crippen molar-refractivity contribution in [3.63, 3.8) is 0 Å². The molecule has 0 aliphatic carbocycles. The van der Waals surface area contributed by atoms with E-state index < -0.39 is 17.0 Å². The van der Waals surface area contributed by atoms with Crippen molar-refractivity contribution in [1.29, 1.82) is 0 Å². The summed E-state index contributed by atoms with van der Waals surface area (Å²) >= 11 is -2.25. The second kappa shape index (κ2) is 4.15. The molecular formula is C6H8N2O4S. The number of carbonyl (C=O) groups excluding carboxylic acids is 1. The third kappa shape index (κ3) is 2.13. The highest BCUT2D eigenvalue weighted by molar-refractivity contribution is 7.79. The Balaban J connectivity index is 2.93. The standard InChI is InChI=1S/C6H8N2O4S/c1-2-12-6(9)4-3-7-8-5(4)13(10)11/h3H,2H2,1H3,(H,7,8)(H,10,11). The summed E-state index contributed by atoms with van der Waals surface area (Å²) in [4.78, 5) is 11.1. The van der Waals surface area contributed by atoms with Gasteiger partial charge in [-0.25, -0.2) is 9.00 Å². The third-order valence-corrected chi connectivity index (χ3v) is 1.93. The second-order valence-corrected chi connectivity index (χ2v) is 2.99. The number of H-pyrrole nitrogens is 1. The summed E-state index contributed by atoms with van der Waals surface area (Å²) in [6.07, 6.45) is 1.15. The second-order valence-electron chi connectivity index (χ2n) is 2.08. The van der Waals surface area contributed by atoms with Crippen LogP contribution in [-0.2, 0) is 15.8 Å². The molecule has 0 fully saturated rings. The van der Waals surface area contributed by atoms with Crippen LogP contribution in [0.5, 0.6) is 0 Å². The van der Waals surface area contributed by atoms with Crippen LogP contribution in [0.15, 0.2) is 11.2 Å². The van der Waals surface area contributed by atoms with E-state index in [4.69, 9.17) is 4.55 Å². The van der Waals surface area contributed by atoms with E-state index in [1.54, 1.807) is 6.92 Å². The molecule has 6 nitrogen and oxygen atoms in total. The fraction of sp³-hybridized carbons (Fsp3) is 0.333. The van der Waals surface area contributed by atoms with Gasteiger partial charge in [-0.15, -0.1) is 0 Å². The van der Waals surface area contributed by atoms with E-state index in [9.17, 15) is 9.00 Å². The molecule has 0 aliphatic heterocycles. The van der Waals surface area contributed by atoms with Crippen LogP contribution in [0.2, 0.25) is 0 Å². The van der Waals surface area contributed by atoms with Gasteiger partial charge in [-0.05, 0) is 6.92 Å². The first-order valence-corrected chi connectivity index (χ1v) is 4.58. The van der Waals surface area contributed by atoms with Gasteiger partial charge in [0, 0.05) is 0 Å². The molecule has 1 heterocycles. The zero-order valence-corrected chi connectivity index (χ0v) is 7.63. The molecule has 0 bridgehead atoms. The molecule has 1 unspecified atom stereocenters. The Bertz CT molecular complexity index is 335. The van der Waals surface area contributed by atoms with Gasteiger partial charge in [-0.3, -0.25) is 5.10 Å². The maximum atomic E-state index is 11.1. The lowest BCUT2D eigenvalue weighted by Crippen LogP contribution is -2.07. The maximum Gasteiger partial charge on any atom is 0.342 e. The molecule has 1 aromatic rings. The topological polar surface area (TPSA) is 92.3 Å². The summed E-state index contributed by atoms with van der Waals surface area (Å²) in [7, 11) is 0. The van der Waals surface area contributed by atoms with Gasteiger partial charge < -0.3 is 9.29 Å². The summed E-state index contributed by atoms with van der Waals surface area (Å²) in [5, 5.41) is 5.57. The van der Waals surface area contributed by atoms with Gasteiger partial charge in [0.2, 0.25) is 11.1 Å². The quantitative estimate of drug-likeness (QED) is 0.540. The molecule has 0 saturated carbocycles. The highest BCUT2D eigenvalue weighted by Crippen LogP contribution is 2.09. The molecule has 1 atom stereocenters. The van der Waals surface area contributed by atoms with E-state index >= 15 is 0 Å². The fourth-order valence-corrected chi connectivity index (χ4v) is 1.22. The molecule has 72 valence electrons. The van der Waals surface area contributed by atoms with E-state index in [0.717, 1.165) is 6.20 Å². The average molecular weight is 204 g/mol. The molecule has 7 heteroatoms. The first-order chi connectivity index (χ1) is 6.16. The Kier molecular flexibility index (Phi) is 3.15. The number of hydrogen-bond donors (Lipinski definition) is 2. The molecular weight excluding hydrogens is 196 g/mol. The van der Waals surface area contributed by atoms with Gasteiger partial charge in [0.05, 0.1) is 12.8 Å². The lowest BCUT2D eigenvalue weighted by atomic mass is 10.4. The zero-order valence-electron chi connectivity index (χ0n) is 6.81. The van der Waals surface area contributed by atoms with E-state index in [2.05, 4.69) is 14.9 Å². The highest BCUT2D eigenvalue weighted by atomic mass is 32.2. The van der Waals surface area contributed by atoms with Crippen molar-refractivity contribution < 1.29 is 18.3 Å². The Morgan fingerprint density at radius 2 is 2.54 bits per heavy atom. The Morgan fingerprint density at radius 1 is 1.85 bits per heavy atom. The highest BCUT2D eigenvalue weighted by Gasteiger charge is 2.18. The molecule has 0 aromatic carbocycles. The van der Waals surface area contributed by atoms with E-state index in [-0.39, 0.29) is 17.2 Å². The number of nitrogens with zero attached hydrogens (tertiary/aromatic N) is 1. The van der Waals surface area contributed by atoms with Gasteiger partial charge in [0.1, 0.15) is 5.56 Å². The summed E-state index contributed by atoms with van der Waals surface area (Å²) < 4.78 is 24.0. The van der Waals surface area contributed by atoms with Crippen molar-refractivity contribution in [3.8, 4) is 0 Å². The molecule has 0 spiro atoms.